The zero-order valence-electron chi connectivity index (χ0n) is 9.06. The van der Waals surface area contributed by atoms with Crippen molar-refractivity contribution in [2.75, 3.05) is 6.54 Å². The maximum absolute atomic E-state index is 11.6. The average Bonchev–Trinajstić information content (AvgIpc) is 2.37. The Bertz CT molecular complexity index is 427. The number of benzene rings is 1. The molecule has 0 heterocycles. The number of carbonyl (C=O) groups is 1. The molecule has 3 N–H and O–H groups in total. The Morgan fingerprint density at radius 3 is 2.65 bits per heavy atom. The van der Waals surface area contributed by atoms with Crippen LogP contribution in [0.1, 0.15) is 16.8 Å². The number of nitrogens with one attached hydrogen (secondary N) is 3. The first-order valence-corrected chi connectivity index (χ1v) is 5.41. The summed E-state index contributed by atoms with van der Waals surface area (Å²) in [5.41, 5.74) is 5.54. The van der Waals surface area contributed by atoms with Crippen LogP contribution in [0.25, 0.3) is 0 Å². The second-order valence-electron chi connectivity index (χ2n) is 3.11. The highest BCUT2D eigenvalue weighted by Crippen LogP contribution is 1.96. The summed E-state index contributed by atoms with van der Waals surface area (Å²) in [5.74, 6) is -0.268. The van der Waals surface area contributed by atoms with Gasteiger partial charge in [-0.05, 0) is 24.4 Å². The van der Waals surface area contributed by atoms with Crippen LogP contribution in [0.5, 0.6) is 0 Å². The number of nitrogens with zero attached hydrogens (tertiary/aromatic N) is 1. The fourth-order valence-corrected chi connectivity index (χ4v) is 1.20. The number of hydrazine groups is 1. The minimum Gasteiger partial charge on any atom is -0.360 e. The van der Waals surface area contributed by atoms with Crippen LogP contribution in [0.4, 0.5) is 0 Å². The van der Waals surface area contributed by atoms with Crippen molar-refractivity contribution in [3.05, 3.63) is 35.9 Å². The minimum absolute atomic E-state index is 0.268. The fraction of sp³-hybridized carbons (Fsp3) is 0.182. The molecule has 0 aliphatic heterocycles. The van der Waals surface area contributed by atoms with Crippen molar-refractivity contribution in [2.45, 2.75) is 6.42 Å². The zero-order chi connectivity index (χ0) is 12.5. The summed E-state index contributed by atoms with van der Waals surface area (Å²) < 4.78 is 0. The first kappa shape index (κ1) is 12.9. The summed E-state index contributed by atoms with van der Waals surface area (Å²) in [6, 6.07) is 10.8. The summed E-state index contributed by atoms with van der Waals surface area (Å²) in [6.45, 7) is 0.448. The number of amides is 1. The topological polar surface area (TPSA) is 77.0 Å². The maximum Gasteiger partial charge on any atom is 0.269 e. The smallest absolute Gasteiger partial charge is 0.269 e. The molecule has 0 fully saturated rings. The van der Waals surface area contributed by atoms with Crippen LogP contribution in [-0.4, -0.2) is 17.6 Å². The van der Waals surface area contributed by atoms with Gasteiger partial charge >= 0.3 is 0 Å². The Kier molecular flexibility index (Phi) is 5.47. The molecule has 0 unspecified atom stereocenters. The molecule has 0 radical (unpaired) electrons. The van der Waals surface area contributed by atoms with Crippen molar-refractivity contribution in [1.29, 1.82) is 5.26 Å². The van der Waals surface area contributed by atoms with Crippen molar-refractivity contribution in [1.82, 2.24) is 16.2 Å². The van der Waals surface area contributed by atoms with Gasteiger partial charge < -0.3 is 5.32 Å². The van der Waals surface area contributed by atoms with Gasteiger partial charge in [0.2, 0.25) is 0 Å². The predicted octanol–water partition coefficient (Wildman–Crippen LogP) is 0.709. The third kappa shape index (κ3) is 4.95. The van der Waals surface area contributed by atoms with Crippen LogP contribution in [0, 0.1) is 11.3 Å². The lowest BCUT2D eigenvalue weighted by molar-refractivity contribution is 0.0943. The van der Waals surface area contributed by atoms with Crippen molar-refractivity contribution >= 4 is 23.2 Å². The van der Waals surface area contributed by atoms with E-state index in [4.69, 9.17) is 17.5 Å². The van der Waals surface area contributed by atoms with Crippen LogP contribution in [0.15, 0.2) is 30.3 Å². The average molecular weight is 248 g/mol. The molecule has 1 amide bonds. The van der Waals surface area contributed by atoms with Gasteiger partial charge in [-0.3, -0.25) is 15.6 Å². The van der Waals surface area contributed by atoms with E-state index in [9.17, 15) is 4.79 Å². The molecule has 1 aromatic carbocycles. The van der Waals surface area contributed by atoms with Crippen molar-refractivity contribution in [2.24, 2.45) is 0 Å². The van der Waals surface area contributed by atoms with Crippen LogP contribution in [0.3, 0.4) is 0 Å². The number of thiocarbonyl (C=S) groups is 1. The van der Waals surface area contributed by atoms with E-state index in [2.05, 4.69) is 16.2 Å². The lowest BCUT2D eigenvalue weighted by atomic mass is 10.2. The van der Waals surface area contributed by atoms with E-state index in [-0.39, 0.29) is 11.0 Å². The van der Waals surface area contributed by atoms with Gasteiger partial charge in [0.15, 0.2) is 5.11 Å². The van der Waals surface area contributed by atoms with Gasteiger partial charge in [-0.15, -0.1) is 0 Å². The molecule has 0 atom stereocenters. The number of hydrogen-bond acceptors (Lipinski definition) is 3. The minimum atomic E-state index is -0.268. The second kappa shape index (κ2) is 7.19. The first-order valence-electron chi connectivity index (χ1n) is 5.00. The highest BCUT2D eigenvalue weighted by atomic mass is 32.1. The lowest BCUT2D eigenvalue weighted by Gasteiger charge is -2.10. The second-order valence-corrected chi connectivity index (χ2v) is 3.52. The van der Waals surface area contributed by atoms with E-state index < -0.39 is 0 Å². The highest BCUT2D eigenvalue weighted by Gasteiger charge is 2.03. The highest BCUT2D eigenvalue weighted by molar-refractivity contribution is 7.80. The largest absolute Gasteiger partial charge is 0.360 e. The Balaban J connectivity index is 2.29. The standard InChI is InChI=1S/C11H12N4OS/c12-7-4-8-13-11(17)15-14-10(16)9-5-2-1-3-6-9/h1-3,5-6H,4,8H2,(H,14,16)(H2,13,15,17). The van der Waals surface area contributed by atoms with Crippen LogP contribution in [0.2, 0.25) is 0 Å². The SMILES string of the molecule is N#CCCNC(=S)NNC(=O)c1ccccc1. The van der Waals surface area contributed by atoms with Gasteiger partial charge in [-0.25, -0.2) is 0 Å². The Hall–Kier alpha value is -2.13. The Morgan fingerprint density at radius 1 is 1.29 bits per heavy atom. The van der Waals surface area contributed by atoms with E-state index in [1.165, 1.54) is 0 Å². The quantitative estimate of drug-likeness (QED) is 0.417. The summed E-state index contributed by atoms with van der Waals surface area (Å²) in [6.07, 6.45) is 0.356. The molecular weight excluding hydrogens is 236 g/mol. The molecule has 0 saturated carbocycles. The van der Waals surface area contributed by atoms with Gasteiger partial charge in [0, 0.05) is 12.1 Å². The van der Waals surface area contributed by atoms with Crippen molar-refractivity contribution in [3.8, 4) is 6.07 Å². The number of nitriles is 1. The van der Waals surface area contributed by atoms with Gasteiger partial charge in [-0.1, -0.05) is 18.2 Å². The molecule has 0 aliphatic carbocycles. The maximum atomic E-state index is 11.6. The summed E-state index contributed by atoms with van der Waals surface area (Å²) in [5, 5.41) is 11.4. The summed E-state index contributed by atoms with van der Waals surface area (Å²) >= 11 is 4.89. The number of hydrogen-bond donors (Lipinski definition) is 3. The van der Waals surface area contributed by atoms with E-state index >= 15 is 0 Å². The van der Waals surface area contributed by atoms with E-state index in [1.807, 2.05) is 12.1 Å². The lowest BCUT2D eigenvalue weighted by Crippen LogP contribution is -2.46. The summed E-state index contributed by atoms with van der Waals surface area (Å²) in [4.78, 5) is 11.6. The molecule has 0 saturated heterocycles. The zero-order valence-corrected chi connectivity index (χ0v) is 9.88. The molecule has 0 spiro atoms. The van der Waals surface area contributed by atoms with E-state index in [1.54, 1.807) is 24.3 Å². The molecule has 6 heteroatoms. The van der Waals surface area contributed by atoms with Gasteiger partial charge in [-0.2, -0.15) is 5.26 Å². The Labute approximate surface area is 105 Å². The third-order valence-corrected chi connectivity index (χ3v) is 2.09. The monoisotopic (exact) mass is 248 g/mol. The first-order chi connectivity index (χ1) is 8.24. The molecule has 5 nitrogen and oxygen atoms in total. The molecule has 17 heavy (non-hydrogen) atoms. The van der Waals surface area contributed by atoms with E-state index in [0.29, 0.717) is 18.5 Å². The van der Waals surface area contributed by atoms with Gasteiger partial charge in [0.05, 0.1) is 12.5 Å². The Morgan fingerprint density at radius 2 is 2.00 bits per heavy atom. The molecule has 1 rings (SSSR count). The van der Waals surface area contributed by atoms with Crippen LogP contribution >= 0.6 is 12.2 Å². The predicted molar refractivity (Wildman–Crippen MR) is 67.9 cm³/mol. The van der Waals surface area contributed by atoms with Crippen LogP contribution < -0.4 is 16.2 Å². The normalized spacial score (nSPS) is 8.88. The fourth-order valence-electron chi connectivity index (χ4n) is 1.05. The molecule has 0 aliphatic rings. The summed E-state index contributed by atoms with van der Waals surface area (Å²) in [7, 11) is 0. The number of rotatable bonds is 3. The molecular formula is C11H12N4OS. The van der Waals surface area contributed by atoms with Crippen molar-refractivity contribution in [3.63, 3.8) is 0 Å². The number of carbonyl (C=O) groups excluding carboxylic acids is 1. The molecule has 88 valence electrons. The molecule has 0 aromatic heterocycles. The van der Waals surface area contributed by atoms with E-state index in [0.717, 1.165) is 0 Å². The molecule has 0 bridgehead atoms. The third-order valence-electron chi connectivity index (χ3n) is 1.85. The van der Waals surface area contributed by atoms with Gasteiger partial charge in [0.25, 0.3) is 5.91 Å². The molecule has 1 aromatic rings. The van der Waals surface area contributed by atoms with Gasteiger partial charge in [0.1, 0.15) is 0 Å². The van der Waals surface area contributed by atoms with Crippen molar-refractivity contribution < 1.29 is 4.79 Å². The van der Waals surface area contributed by atoms with Crippen LogP contribution in [-0.2, 0) is 0 Å².